The molecule has 3 rings (SSSR count). The molecule has 0 spiro atoms. The number of hydrogen-bond donors (Lipinski definition) is 1. The molecule has 0 amide bonds. The number of ether oxygens (including phenoxy) is 1. The number of piperazine rings is 1. The minimum absolute atomic E-state index is 0.645. The molecule has 2 fully saturated rings. The lowest BCUT2D eigenvalue weighted by molar-refractivity contribution is 0.111. The Bertz CT molecular complexity index is 430. The second kappa shape index (κ2) is 6.10. The number of methoxy groups -OCH3 is 1. The summed E-state index contributed by atoms with van der Waals surface area (Å²) in [5.41, 5.74) is 1.28. The Morgan fingerprint density at radius 1 is 1.40 bits per heavy atom. The first-order valence-electron chi connectivity index (χ1n) is 7.76. The lowest BCUT2D eigenvalue weighted by atomic mass is 10.0. The number of hydrogen-bond acceptors (Lipinski definition) is 4. The molecule has 4 nitrogen and oxygen atoms in total. The van der Waals surface area contributed by atoms with Crippen LogP contribution < -0.4 is 10.1 Å². The highest BCUT2D eigenvalue weighted by molar-refractivity contribution is 5.18. The molecule has 0 aromatic carbocycles. The van der Waals surface area contributed by atoms with Gasteiger partial charge >= 0.3 is 0 Å². The highest BCUT2D eigenvalue weighted by atomic mass is 16.5. The van der Waals surface area contributed by atoms with Crippen molar-refractivity contribution in [3.63, 3.8) is 0 Å². The normalized spacial score (nSPS) is 27.5. The van der Waals surface area contributed by atoms with E-state index in [1.54, 1.807) is 7.11 Å². The van der Waals surface area contributed by atoms with Crippen molar-refractivity contribution < 1.29 is 4.74 Å². The molecule has 1 N–H and O–H groups in total. The Morgan fingerprint density at radius 2 is 2.25 bits per heavy atom. The number of pyridine rings is 1. The number of aromatic nitrogens is 1. The van der Waals surface area contributed by atoms with E-state index in [-0.39, 0.29) is 0 Å². The van der Waals surface area contributed by atoms with Gasteiger partial charge in [0.2, 0.25) is 5.88 Å². The summed E-state index contributed by atoms with van der Waals surface area (Å²) in [6.45, 7) is 5.58. The topological polar surface area (TPSA) is 37.4 Å². The molecule has 1 saturated carbocycles. The van der Waals surface area contributed by atoms with Gasteiger partial charge in [-0.1, -0.05) is 13.0 Å². The molecule has 110 valence electrons. The second-order valence-corrected chi connectivity index (χ2v) is 6.05. The number of nitrogens with zero attached hydrogens (tertiary/aromatic N) is 2. The smallest absolute Gasteiger partial charge is 0.212 e. The van der Waals surface area contributed by atoms with Gasteiger partial charge in [0.25, 0.3) is 0 Å². The Labute approximate surface area is 121 Å². The first kappa shape index (κ1) is 13.8. The van der Waals surface area contributed by atoms with E-state index in [4.69, 9.17) is 4.74 Å². The van der Waals surface area contributed by atoms with Crippen molar-refractivity contribution in [2.75, 3.05) is 20.2 Å². The molecular weight excluding hydrogens is 250 g/mol. The SMILES string of the molecule is CCC1CNC(C2CC2)CN1Cc1ccc(OC)nc1. The van der Waals surface area contributed by atoms with Gasteiger partial charge in [-0.2, -0.15) is 0 Å². The summed E-state index contributed by atoms with van der Waals surface area (Å²) in [5.74, 6) is 1.61. The van der Waals surface area contributed by atoms with E-state index in [9.17, 15) is 0 Å². The first-order chi connectivity index (χ1) is 9.80. The largest absolute Gasteiger partial charge is 0.481 e. The van der Waals surface area contributed by atoms with Crippen LogP contribution in [0.25, 0.3) is 0 Å². The summed E-state index contributed by atoms with van der Waals surface area (Å²) >= 11 is 0. The lowest BCUT2D eigenvalue weighted by Crippen LogP contribution is -2.56. The van der Waals surface area contributed by atoms with Crippen molar-refractivity contribution in [1.29, 1.82) is 0 Å². The summed E-state index contributed by atoms with van der Waals surface area (Å²) in [4.78, 5) is 6.94. The van der Waals surface area contributed by atoms with E-state index in [2.05, 4.69) is 28.2 Å². The fraction of sp³-hybridized carbons (Fsp3) is 0.688. The fourth-order valence-corrected chi connectivity index (χ4v) is 3.15. The zero-order chi connectivity index (χ0) is 13.9. The Hall–Kier alpha value is -1.13. The molecule has 1 aliphatic heterocycles. The Kier molecular flexibility index (Phi) is 4.22. The van der Waals surface area contributed by atoms with Crippen molar-refractivity contribution >= 4 is 0 Å². The van der Waals surface area contributed by atoms with Crippen molar-refractivity contribution in [3.8, 4) is 5.88 Å². The highest BCUT2D eigenvalue weighted by Gasteiger charge is 2.36. The fourth-order valence-electron chi connectivity index (χ4n) is 3.15. The Balaban J connectivity index is 1.65. The van der Waals surface area contributed by atoms with Gasteiger partial charge in [-0.15, -0.1) is 0 Å². The molecule has 0 bridgehead atoms. The van der Waals surface area contributed by atoms with Gasteiger partial charge in [-0.05, 0) is 30.7 Å². The molecule has 2 heterocycles. The molecule has 4 heteroatoms. The number of rotatable bonds is 5. The van der Waals surface area contributed by atoms with E-state index in [1.165, 1.54) is 31.4 Å². The van der Waals surface area contributed by atoms with Crippen molar-refractivity contribution in [3.05, 3.63) is 23.9 Å². The van der Waals surface area contributed by atoms with Crippen LogP contribution in [-0.4, -0.2) is 42.2 Å². The highest BCUT2D eigenvalue weighted by Crippen LogP contribution is 2.34. The maximum absolute atomic E-state index is 5.12. The quantitative estimate of drug-likeness (QED) is 0.892. The predicted octanol–water partition coefficient (Wildman–Crippen LogP) is 2.05. The van der Waals surface area contributed by atoms with E-state index >= 15 is 0 Å². The summed E-state index contributed by atoms with van der Waals surface area (Å²) in [6.07, 6.45) is 5.96. The maximum Gasteiger partial charge on any atom is 0.212 e. The van der Waals surface area contributed by atoms with Crippen molar-refractivity contribution in [2.45, 2.75) is 44.8 Å². The molecule has 0 radical (unpaired) electrons. The first-order valence-corrected chi connectivity index (χ1v) is 7.76. The zero-order valence-electron chi connectivity index (χ0n) is 12.5. The third-order valence-electron chi connectivity index (χ3n) is 4.62. The molecule has 2 aliphatic rings. The summed E-state index contributed by atoms with van der Waals surface area (Å²) in [7, 11) is 1.66. The Morgan fingerprint density at radius 3 is 2.85 bits per heavy atom. The van der Waals surface area contributed by atoms with Gasteiger partial charge in [0.1, 0.15) is 0 Å². The molecular formula is C16H25N3O. The average Bonchev–Trinajstić information content (AvgIpc) is 3.33. The van der Waals surface area contributed by atoms with Gasteiger partial charge in [-0.25, -0.2) is 4.98 Å². The summed E-state index contributed by atoms with van der Waals surface area (Å²) in [6, 6.07) is 5.43. The molecule has 2 atom stereocenters. The van der Waals surface area contributed by atoms with Crippen LogP contribution in [0.3, 0.4) is 0 Å². The van der Waals surface area contributed by atoms with Crippen LogP contribution in [0.1, 0.15) is 31.7 Å². The zero-order valence-corrected chi connectivity index (χ0v) is 12.5. The van der Waals surface area contributed by atoms with E-state index in [0.29, 0.717) is 18.0 Å². The van der Waals surface area contributed by atoms with Crippen molar-refractivity contribution in [1.82, 2.24) is 15.2 Å². The number of nitrogens with one attached hydrogen (secondary N) is 1. The maximum atomic E-state index is 5.12. The monoisotopic (exact) mass is 275 g/mol. The minimum Gasteiger partial charge on any atom is -0.481 e. The van der Waals surface area contributed by atoms with Crippen LogP contribution >= 0.6 is 0 Å². The van der Waals surface area contributed by atoms with Crippen LogP contribution in [0.4, 0.5) is 0 Å². The van der Waals surface area contributed by atoms with Crippen LogP contribution in [0.2, 0.25) is 0 Å². The molecule has 1 aromatic heterocycles. The third kappa shape index (κ3) is 3.13. The molecule has 2 unspecified atom stereocenters. The van der Waals surface area contributed by atoms with E-state index in [0.717, 1.165) is 19.0 Å². The average molecular weight is 275 g/mol. The van der Waals surface area contributed by atoms with Crippen LogP contribution in [0, 0.1) is 5.92 Å². The van der Waals surface area contributed by atoms with E-state index in [1.807, 2.05) is 12.3 Å². The van der Waals surface area contributed by atoms with Crippen LogP contribution in [-0.2, 0) is 6.54 Å². The van der Waals surface area contributed by atoms with E-state index < -0.39 is 0 Å². The third-order valence-corrected chi connectivity index (χ3v) is 4.62. The van der Waals surface area contributed by atoms with Gasteiger partial charge in [-0.3, -0.25) is 4.90 Å². The van der Waals surface area contributed by atoms with Gasteiger partial charge < -0.3 is 10.1 Å². The lowest BCUT2D eigenvalue weighted by Gasteiger charge is -2.40. The van der Waals surface area contributed by atoms with Gasteiger partial charge in [0, 0.05) is 44.0 Å². The van der Waals surface area contributed by atoms with Crippen LogP contribution in [0.5, 0.6) is 5.88 Å². The minimum atomic E-state index is 0.645. The van der Waals surface area contributed by atoms with Gasteiger partial charge in [0.05, 0.1) is 7.11 Å². The van der Waals surface area contributed by atoms with Crippen LogP contribution in [0.15, 0.2) is 18.3 Å². The molecule has 20 heavy (non-hydrogen) atoms. The molecule has 1 aliphatic carbocycles. The molecule has 1 aromatic rings. The summed E-state index contributed by atoms with van der Waals surface area (Å²) in [5, 5.41) is 3.74. The van der Waals surface area contributed by atoms with Gasteiger partial charge in [0.15, 0.2) is 0 Å². The predicted molar refractivity (Wildman–Crippen MR) is 79.8 cm³/mol. The summed E-state index contributed by atoms with van der Waals surface area (Å²) < 4.78 is 5.12. The van der Waals surface area contributed by atoms with Crippen molar-refractivity contribution in [2.24, 2.45) is 5.92 Å². The molecule has 1 saturated heterocycles. The standard InChI is InChI=1S/C16H25N3O/c1-3-14-9-17-15(13-5-6-13)11-19(14)10-12-4-7-16(20-2)18-8-12/h4,7-8,13-15,17H,3,5-6,9-11H2,1-2H3. The second-order valence-electron chi connectivity index (χ2n) is 6.05.